The van der Waals surface area contributed by atoms with Gasteiger partial charge < -0.3 is 20.7 Å². The molecule has 1 amide bonds. The number of ketones is 1. The number of H-pyrrole nitrogens is 1. The van der Waals surface area contributed by atoms with Crippen molar-refractivity contribution in [1.82, 2.24) is 15.3 Å². The lowest BCUT2D eigenvalue weighted by Crippen LogP contribution is -2.42. The van der Waals surface area contributed by atoms with Gasteiger partial charge in [-0.2, -0.15) is 0 Å². The normalized spacial score (nSPS) is 18.1. The van der Waals surface area contributed by atoms with Crippen LogP contribution in [0.25, 0.3) is 0 Å². The van der Waals surface area contributed by atoms with Crippen LogP contribution in [0.4, 0.5) is 5.95 Å². The number of carbonyl (C=O) groups is 3. The van der Waals surface area contributed by atoms with Crippen LogP contribution < -0.4 is 10.6 Å². The number of imidazole rings is 1. The third kappa shape index (κ3) is 7.11. The van der Waals surface area contributed by atoms with Gasteiger partial charge in [-0.05, 0) is 42.5 Å². The van der Waals surface area contributed by atoms with Crippen molar-refractivity contribution >= 4 is 46.8 Å². The molecule has 0 bridgehead atoms. The summed E-state index contributed by atoms with van der Waals surface area (Å²) in [5.41, 5.74) is 1.62. The number of halogens is 2. The summed E-state index contributed by atoms with van der Waals surface area (Å²) >= 11 is 12.1. The summed E-state index contributed by atoms with van der Waals surface area (Å²) in [6.07, 6.45) is 7.48. The van der Waals surface area contributed by atoms with Gasteiger partial charge in [-0.1, -0.05) is 60.0 Å². The first-order valence-corrected chi connectivity index (χ1v) is 12.9. The number of rotatable bonds is 10. The van der Waals surface area contributed by atoms with Crippen molar-refractivity contribution in [2.24, 2.45) is 5.92 Å². The highest BCUT2D eigenvalue weighted by molar-refractivity contribution is 6.39. The summed E-state index contributed by atoms with van der Waals surface area (Å²) in [7, 11) is 0. The first-order valence-electron chi connectivity index (χ1n) is 12.1. The van der Waals surface area contributed by atoms with Crippen LogP contribution >= 0.6 is 23.2 Å². The number of nitrogens with zero attached hydrogens (tertiary/aromatic N) is 1. The molecule has 3 atom stereocenters. The molecule has 37 heavy (non-hydrogen) atoms. The zero-order chi connectivity index (χ0) is 26.4. The Kier molecular flexibility index (Phi) is 8.84. The van der Waals surface area contributed by atoms with Gasteiger partial charge in [-0.25, -0.2) is 9.78 Å². The van der Waals surface area contributed by atoms with Gasteiger partial charge in [0.15, 0.2) is 5.95 Å². The molecule has 3 aromatic rings. The number of aliphatic carboxylic acids is 1. The number of carboxylic acids is 1. The van der Waals surface area contributed by atoms with Gasteiger partial charge in [0.25, 0.3) is 5.91 Å². The summed E-state index contributed by atoms with van der Waals surface area (Å²) in [6, 6.07) is 10.9. The van der Waals surface area contributed by atoms with E-state index in [9.17, 15) is 19.5 Å². The lowest BCUT2D eigenvalue weighted by atomic mass is 9.81. The molecule has 194 valence electrons. The molecule has 0 spiro atoms. The number of Topliss-reactive ketones (excluding diaryl/α,β-unsaturated/α-hetero) is 1. The maximum Gasteiger partial charge on any atom is 0.326 e. The van der Waals surface area contributed by atoms with E-state index in [2.05, 4.69) is 20.6 Å². The molecule has 0 saturated heterocycles. The van der Waals surface area contributed by atoms with Gasteiger partial charge in [0.05, 0.1) is 15.6 Å². The number of hydrogen-bond donors (Lipinski definition) is 4. The Morgan fingerprint density at radius 3 is 2.41 bits per heavy atom. The van der Waals surface area contributed by atoms with Crippen molar-refractivity contribution in [3.05, 3.63) is 81.6 Å². The van der Waals surface area contributed by atoms with E-state index in [1.807, 2.05) is 12.1 Å². The first kappa shape index (κ1) is 26.7. The van der Waals surface area contributed by atoms with E-state index in [0.717, 1.165) is 42.8 Å². The molecule has 10 heteroatoms. The zero-order valence-corrected chi connectivity index (χ0v) is 21.6. The van der Waals surface area contributed by atoms with Crippen LogP contribution in [0.1, 0.15) is 47.2 Å². The molecule has 4 rings (SSSR count). The molecule has 2 aromatic carbocycles. The van der Waals surface area contributed by atoms with Crippen LogP contribution in [0, 0.1) is 5.92 Å². The number of anilines is 1. The number of amides is 1. The molecule has 0 radical (unpaired) electrons. The average Bonchev–Trinajstić information content (AvgIpc) is 3.38. The number of nitrogens with one attached hydrogen (secondary N) is 3. The third-order valence-corrected chi connectivity index (χ3v) is 7.23. The maximum absolute atomic E-state index is 13.0. The Labute approximate surface area is 224 Å². The second-order valence-electron chi connectivity index (χ2n) is 9.27. The summed E-state index contributed by atoms with van der Waals surface area (Å²) < 4.78 is 0. The van der Waals surface area contributed by atoms with Crippen LogP contribution in [0.3, 0.4) is 0 Å². The van der Waals surface area contributed by atoms with Gasteiger partial charge in [0, 0.05) is 37.2 Å². The van der Waals surface area contributed by atoms with Gasteiger partial charge in [-0.3, -0.25) is 9.59 Å². The first-order chi connectivity index (χ1) is 17.8. The number of benzene rings is 2. The molecule has 0 aliphatic heterocycles. The van der Waals surface area contributed by atoms with Crippen molar-refractivity contribution in [2.45, 2.75) is 50.6 Å². The highest BCUT2D eigenvalue weighted by atomic mass is 35.5. The largest absolute Gasteiger partial charge is 0.480 e. The number of aromatic amines is 1. The van der Waals surface area contributed by atoms with E-state index in [1.165, 1.54) is 12.1 Å². The van der Waals surface area contributed by atoms with Gasteiger partial charge in [-0.15, -0.1) is 0 Å². The predicted octanol–water partition coefficient (Wildman–Crippen LogP) is 4.92. The molecule has 1 aromatic heterocycles. The Bertz CT molecular complexity index is 1230. The lowest BCUT2D eigenvalue weighted by Gasteiger charge is -2.28. The van der Waals surface area contributed by atoms with Crippen LogP contribution in [0.2, 0.25) is 10.0 Å². The Balaban J connectivity index is 1.33. The second-order valence-corrected chi connectivity index (χ2v) is 10.1. The van der Waals surface area contributed by atoms with Crippen molar-refractivity contribution in [3.63, 3.8) is 0 Å². The predicted molar refractivity (Wildman–Crippen MR) is 142 cm³/mol. The fourth-order valence-corrected chi connectivity index (χ4v) is 5.24. The molecule has 1 fully saturated rings. The van der Waals surface area contributed by atoms with E-state index in [1.54, 1.807) is 30.6 Å². The topological polar surface area (TPSA) is 124 Å². The molecule has 1 aliphatic carbocycles. The number of aromatic nitrogens is 2. The van der Waals surface area contributed by atoms with Crippen LogP contribution in [-0.2, 0) is 22.4 Å². The summed E-state index contributed by atoms with van der Waals surface area (Å²) in [4.78, 5) is 44.7. The van der Waals surface area contributed by atoms with Crippen LogP contribution in [0.5, 0.6) is 0 Å². The quantitative estimate of drug-likeness (QED) is 0.288. The van der Waals surface area contributed by atoms with Crippen molar-refractivity contribution < 1.29 is 19.5 Å². The average molecular weight is 543 g/mol. The zero-order valence-electron chi connectivity index (χ0n) is 20.0. The van der Waals surface area contributed by atoms with Crippen molar-refractivity contribution in [2.75, 3.05) is 5.32 Å². The van der Waals surface area contributed by atoms with Gasteiger partial charge in [0.2, 0.25) is 0 Å². The van der Waals surface area contributed by atoms with Gasteiger partial charge in [0.1, 0.15) is 11.8 Å². The Morgan fingerprint density at radius 2 is 1.76 bits per heavy atom. The summed E-state index contributed by atoms with van der Waals surface area (Å²) in [5.74, 6) is -0.919. The fraction of sp³-hybridized carbons (Fsp3) is 0.333. The van der Waals surface area contributed by atoms with Crippen molar-refractivity contribution in [1.29, 1.82) is 0 Å². The molecule has 1 aliphatic rings. The standard InChI is InChI=1S/C27H28Cl2N4O4/c28-20-5-2-6-21(29)24(20)25(35)33-22(26(36)37)13-16-7-9-17(10-8-16)14-23(34)18-3-1-4-19(15-18)32-27-30-11-12-31-27/h2,5-12,18-19,22H,1,3-4,13-15H2,(H,33,35)(H,36,37)(H2,30,31,32)/t18-,19+,22+/m1/s1. The monoisotopic (exact) mass is 542 g/mol. The van der Waals surface area contributed by atoms with Crippen LogP contribution in [-0.4, -0.2) is 44.8 Å². The molecule has 8 nitrogen and oxygen atoms in total. The Hall–Kier alpha value is -3.36. The van der Waals surface area contributed by atoms with E-state index in [0.29, 0.717) is 6.42 Å². The molecule has 0 unspecified atom stereocenters. The van der Waals surface area contributed by atoms with E-state index in [-0.39, 0.29) is 39.8 Å². The highest BCUT2D eigenvalue weighted by Crippen LogP contribution is 2.28. The van der Waals surface area contributed by atoms with E-state index >= 15 is 0 Å². The van der Waals surface area contributed by atoms with Gasteiger partial charge >= 0.3 is 5.97 Å². The van der Waals surface area contributed by atoms with Crippen molar-refractivity contribution in [3.8, 4) is 0 Å². The Morgan fingerprint density at radius 1 is 1.05 bits per heavy atom. The molecule has 1 saturated carbocycles. The molecule has 4 N–H and O–H groups in total. The minimum Gasteiger partial charge on any atom is -0.480 e. The SMILES string of the molecule is O=C(N[C@@H](Cc1ccc(CC(=O)[C@@H]2CCC[C@H](Nc3ncc[nH]3)C2)cc1)C(=O)O)c1c(Cl)cccc1Cl. The lowest BCUT2D eigenvalue weighted by molar-refractivity contribution is -0.139. The minimum atomic E-state index is -1.18. The smallest absolute Gasteiger partial charge is 0.326 e. The highest BCUT2D eigenvalue weighted by Gasteiger charge is 2.28. The fourth-order valence-electron chi connectivity index (χ4n) is 4.67. The van der Waals surface area contributed by atoms with E-state index < -0.39 is 17.9 Å². The third-order valence-electron chi connectivity index (χ3n) is 6.60. The number of hydrogen-bond acceptors (Lipinski definition) is 5. The molecular formula is C27H28Cl2N4O4. The summed E-state index contributed by atoms with van der Waals surface area (Å²) in [5, 5.41) is 15.8. The van der Waals surface area contributed by atoms with Crippen LogP contribution in [0.15, 0.2) is 54.9 Å². The maximum atomic E-state index is 13.0. The van der Waals surface area contributed by atoms with E-state index in [4.69, 9.17) is 23.2 Å². The molecule has 1 heterocycles. The minimum absolute atomic E-state index is 0.0101. The summed E-state index contributed by atoms with van der Waals surface area (Å²) in [6.45, 7) is 0. The number of carboxylic acid groups (broad SMARTS) is 1. The molecular weight excluding hydrogens is 515 g/mol. The second kappa shape index (κ2) is 12.3. The number of carbonyl (C=O) groups excluding carboxylic acids is 2.